The first-order valence-corrected chi connectivity index (χ1v) is 4.43. The van der Waals surface area contributed by atoms with E-state index < -0.39 is 5.97 Å². The lowest BCUT2D eigenvalue weighted by atomic mass is 10.1. The molecule has 15 heavy (non-hydrogen) atoms. The Morgan fingerprint density at radius 3 is 2.67 bits per heavy atom. The maximum absolute atomic E-state index is 11.4. The van der Waals surface area contributed by atoms with Gasteiger partial charge in [0.15, 0.2) is 0 Å². The number of methoxy groups -OCH3 is 1. The van der Waals surface area contributed by atoms with Gasteiger partial charge in [0.2, 0.25) is 0 Å². The van der Waals surface area contributed by atoms with Crippen LogP contribution < -0.4 is 5.32 Å². The number of esters is 1. The molecule has 0 fully saturated rings. The Kier molecular flexibility index (Phi) is 2.25. The molecule has 0 bridgehead atoms. The van der Waals surface area contributed by atoms with Crippen molar-refractivity contribution >= 4 is 17.6 Å². The predicted molar refractivity (Wildman–Crippen MR) is 53.9 cm³/mol. The van der Waals surface area contributed by atoms with Crippen LogP contribution in [0.2, 0.25) is 0 Å². The average molecular weight is 203 g/mol. The zero-order valence-corrected chi connectivity index (χ0v) is 8.11. The van der Waals surface area contributed by atoms with Crippen LogP contribution in [0.5, 0.6) is 0 Å². The summed E-state index contributed by atoms with van der Waals surface area (Å²) in [6, 6.07) is 7.08. The van der Waals surface area contributed by atoms with Gasteiger partial charge in [-0.05, 0) is 6.07 Å². The van der Waals surface area contributed by atoms with Crippen LogP contribution in [-0.4, -0.2) is 19.0 Å². The molecule has 0 unspecified atom stereocenters. The summed E-state index contributed by atoms with van der Waals surface area (Å²) in [5.41, 5.74) is 1.79. The average Bonchev–Trinajstić information content (AvgIpc) is 2.57. The van der Waals surface area contributed by atoms with Gasteiger partial charge in [-0.25, -0.2) is 4.79 Å². The van der Waals surface area contributed by atoms with Gasteiger partial charge in [-0.2, -0.15) is 0 Å². The number of nitrogens with one attached hydrogen (secondary N) is 1. The first kappa shape index (κ1) is 9.45. The van der Waals surface area contributed by atoms with Gasteiger partial charge in [0.25, 0.3) is 5.91 Å². The number of rotatable bonds is 1. The number of fused-ring (bicyclic) bond motifs is 1. The lowest BCUT2D eigenvalue weighted by Crippen LogP contribution is -2.13. The zero-order chi connectivity index (χ0) is 10.8. The molecule has 1 aliphatic rings. The van der Waals surface area contributed by atoms with Gasteiger partial charge >= 0.3 is 5.97 Å². The molecule has 0 aromatic heterocycles. The number of hydrogen-bond acceptors (Lipinski definition) is 3. The van der Waals surface area contributed by atoms with Gasteiger partial charge in [-0.1, -0.05) is 18.2 Å². The lowest BCUT2D eigenvalue weighted by Gasteiger charge is -1.98. The van der Waals surface area contributed by atoms with E-state index in [2.05, 4.69) is 10.1 Å². The summed E-state index contributed by atoms with van der Waals surface area (Å²) in [4.78, 5) is 22.5. The Bertz CT molecular complexity index is 463. The Morgan fingerprint density at radius 2 is 2.00 bits per heavy atom. The molecule has 1 N–H and O–H groups in total. The van der Waals surface area contributed by atoms with Crippen molar-refractivity contribution in [2.24, 2.45) is 0 Å². The smallest absolute Gasteiger partial charge is 0.332 e. The molecule has 0 saturated heterocycles. The van der Waals surface area contributed by atoms with Gasteiger partial charge in [0.05, 0.1) is 12.8 Å². The van der Waals surface area contributed by atoms with E-state index in [0.29, 0.717) is 11.3 Å². The molecule has 1 aromatic rings. The summed E-state index contributed by atoms with van der Waals surface area (Å²) in [6.45, 7) is 0. The minimum atomic E-state index is -0.484. The number of carbonyl (C=O) groups is 2. The largest absolute Gasteiger partial charge is 0.466 e. The number of carbonyl (C=O) groups excluding carboxylic acids is 2. The summed E-state index contributed by atoms with van der Waals surface area (Å²) in [5.74, 6) is -0.678. The third-order valence-corrected chi connectivity index (χ3v) is 2.17. The molecule has 0 aliphatic carbocycles. The minimum absolute atomic E-state index is 0.194. The second-order valence-electron chi connectivity index (χ2n) is 3.08. The molecule has 2 rings (SSSR count). The van der Waals surface area contributed by atoms with Crippen LogP contribution in [0, 0.1) is 0 Å². The van der Waals surface area contributed by atoms with Crippen LogP contribution in [-0.2, 0) is 9.53 Å². The van der Waals surface area contributed by atoms with Gasteiger partial charge < -0.3 is 10.1 Å². The van der Waals surface area contributed by atoms with E-state index in [1.807, 2.05) is 6.07 Å². The topological polar surface area (TPSA) is 55.4 Å². The quantitative estimate of drug-likeness (QED) is 0.546. The summed E-state index contributed by atoms with van der Waals surface area (Å²) >= 11 is 0. The zero-order valence-electron chi connectivity index (χ0n) is 8.11. The molecule has 1 amide bonds. The molecule has 4 heteroatoms. The van der Waals surface area contributed by atoms with E-state index in [9.17, 15) is 9.59 Å². The summed E-state index contributed by atoms with van der Waals surface area (Å²) < 4.78 is 4.50. The number of amides is 1. The highest BCUT2D eigenvalue weighted by Gasteiger charge is 2.23. The van der Waals surface area contributed by atoms with Crippen LogP contribution in [0.3, 0.4) is 0 Å². The Hall–Kier alpha value is -2.10. The fourth-order valence-corrected chi connectivity index (χ4v) is 1.46. The van der Waals surface area contributed by atoms with Crippen LogP contribution in [0.25, 0.3) is 5.70 Å². The Balaban J connectivity index is 2.45. The van der Waals surface area contributed by atoms with E-state index in [0.717, 1.165) is 5.56 Å². The third-order valence-electron chi connectivity index (χ3n) is 2.17. The second-order valence-corrected chi connectivity index (χ2v) is 3.08. The van der Waals surface area contributed by atoms with E-state index in [1.165, 1.54) is 13.2 Å². The Morgan fingerprint density at radius 1 is 1.33 bits per heavy atom. The first-order valence-electron chi connectivity index (χ1n) is 4.43. The summed E-state index contributed by atoms with van der Waals surface area (Å²) in [7, 11) is 1.29. The number of hydrogen-bond donors (Lipinski definition) is 1. The number of ether oxygens (including phenoxy) is 1. The molecule has 1 heterocycles. The normalized spacial score (nSPS) is 16.1. The maximum atomic E-state index is 11.4. The first-order chi connectivity index (χ1) is 7.22. The highest BCUT2D eigenvalue weighted by atomic mass is 16.5. The van der Waals surface area contributed by atoms with Gasteiger partial charge in [0, 0.05) is 17.2 Å². The van der Waals surface area contributed by atoms with Crippen molar-refractivity contribution in [1.29, 1.82) is 0 Å². The third kappa shape index (κ3) is 1.61. The molecule has 0 spiro atoms. The molecule has 1 aromatic carbocycles. The minimum Gasteiger partial charge on any atom is -0.466 e. The number of benzene rings is 1. The fraction of sp³-hybridized carbons (Fsp3) is 0.0909. The van der Waals surface area contributed by atoms with Crippen molar-refractivity contribution in [2.45, 2.75) is 0 Å². The van der Waals surface area contributed by atoms with Gasteiger partial charge in [-0.3, -0.25) is 4.79 Å². The highest BCUT2D eigenvalue weighted by Crippen LogP contribution is 2.23. The van der Waals surface area contributed by atoms with Crippen molar-refractivity contribution in [1.82, 2.24) is 5.32 Å². The van der Waals surface area contributed by atoms with Crippen LogP contribution >= 0.6 is 0 Å². The van der Waals surface area contributed by atoms with Crippen molar-refractivity contribution in [3.8, 4) is 0 Å². The fourth-order valence-electron chi connectivity index (χ4n) is 1.46. The molecular weight excluding hydrogens is 194 g/mol. The molecule has 0 radical (unpaired) electrons. The van der Waals surface area contributed by atoms with Crippen molar-refractivity contribution < 1.29 is 14.3 Å². The van der Waals surface area contributed by atoms with Crippen LogP contribution in [0.1, 0.15) is 15.9 Å². The van der Waals surface area contributed by atoms with E-state index in [4.69, 9.17) is 0 Å². The van der Waals surface area contributed by atoms with E-state index in [-0.39, 0.29) is 5.91 Å². The second kappa shape index (κ2) is 3.57. The Labute approximate surface area is 86.5 Å². The van der Waals surface area contributed by atoms with Gasteiger partial charge in [0.1, 0.15) is 0 Å². The molecule has 76 valence electrons. The summed E-state index contributed by atoms with van der Waals surface area (Å²) in [5, 5.41) is 2.61. The van der Waals surface area contributed by atoms with E-state index in [1.54, 1.807) is 18.2 Å². The van der Waals surface area contributed by atoms with Crippen LogP contribution in [0.4, 0.5) is 0 Å². The predicted octanol–water partition coefficient (Wildman–Crippen LogP) is 0.944. The monoisotopic (exact) mass is 203 g/mol. The highest BCUT2D eigenvalue weighted by molar-refractivity contribution is 6.11. The summed E-state index contributed by atoms with van der Waals surface area (Å²) in [6.07, 6.45) is 1.27. The maximum Gasteiger partial charge on any atom is 0.332 e. The molecular formula is C11H9NO3. The standard InChI is InChI=1S/C11H9NO3/c1-15-10(13)6-9-7-4-2-3-5-8(7)11(14)12-9/h2-6H,1H3,(H,12,14). The molecule has 0 atom stereocenters. The lowest BCUT2D eigenvalue weighted by molar-refractivity contribution is -0.134. The van der Waals surface area contributed by atoms with Crippen molar-refractivity contribution in [2.75, 3.05) is 7.11 Å². The molecule has 4 nitrogen and oxygen atoms in total. The molecule has 0 saturated carbocycles. The van der Waals surface area contributed by atoms with E-state index >= 15 is 0 Å². The van der Waals surface area contributed by atoms with Crippen molar-refractivity contribution in [3.05, 3.63) is 41.5 Å². The van der Waals surface area contributed by atoms with Crippen molar-refractivity contribution in [3.63, 3.8) is 0 Å². The SMILES string of the molecule is COC(=O)C=C1NC(=O)c2ccccc21. The van der Waals surface area contributed by atoms with Gasteiger partial charge in [-0.15, -0.1) is 0 Å². The van der Waals surface area contributed by atoms with Crippen LogP contribution in [0.15, 0.2) is 30.3 Å². The molecule has 1 aliphatic heterocycles.